The molecule has 80 heavy (non-hydrogen) atoms. The summed E-state index contributed by atoms with van der Waals surface area (Å²) in [5.74, 6) is -2.62. The number of aliphatic hydroxyl groups is 1. The average Bonchev–Trinajstić information content (AvgIpc) is 4.13. The summed E-state index contributed by atoms with van der Waals surface area (Å²) in [7, 11) is 0. The molecule has 20 nitrogen and oxygen atoms in total. The highest BCUT2D eigenvalue weighted by molar-refractivity contribution is 8.02. The van der Waals surface area contributed by atoms with Crippen LogP contribution in [-0.4, -0.2) is 142 Å². The van der Waals surface area contributed by atoms with E-state index >= 15 is 0 Å². The number of nitrogens with zero attached hydrogens (tertiary/aromatic N) is 3. The highest BCUT2D eigenvalue weighted by Crippen LogP contribution is 2.41. The Morgan fingerprint density at radius 2 is 1.51 bits per heavy atom. The zero-order chi connectivity index (χ0) is 57.3. The largest absolute Gasteiger partial charge is 0.458 e. The van der Waals surface area contributed by atoms with E-state index in [1.54, 1.807) is 54.1 Å². The molecule has 0 saturated carbocycles. The van der Waals surface area contributed by atoms with Crippen LogP contribution in [-0.2, 0) is 88.3 Å². The molecule has 4 aromatic rings. The van der Waals surface area contributed by atoms with Crippen LogP contribution in [0.4, 0.5) is 4.39 Å². The zero-order valence-corrected chi connectivity index (χ0v) is 46.3. The number of carbonyl (C=O) groups is 9. The Labute approximate surface area is 469 Å². The number of ether oxygens (including phenoxy) is 3. The van der Waals surface area contributed by atoms with Crippen LogP contribution in [0.25, 0.3) is 22.3 Å². The quantitative estimate of drug-likeness (QED) is 0.0265. The molecule has 5 heterocycles. The second-order valence-corrected chi connectivity index (χ2v) is 21.8. The minimum atomic E-state index is -1.98. The van der Waals surface area contributed by atoms with E-state index in [4.69, 9.17) is 19.2 Å². The molecule has 3 aliphatic heterocycles. The number of esters is 1. The van der Waals surface area contributed by atoms with Gasteiger partial charge in [-0.2, -0.15) is 23.5 Å². The second kappa shape index (κ2) is 29.0. The van der Waals surface area contributed by atoms with Gasteiger partial charge in [-0.1, -0.05) is 37.3 Å². The highest BCUT2D eigenvalue weighted by Gasteiger charge is 2.45. The van der Waals surface area contributed by atoms with Gasteiger partial charge in [0.2, 0.25) is 17.7 Å². The lowest BCUT2D eigenvalue weighted by Gasteiger charge is -2.31. The van der Waals surface area contributed by atoms with Crippen LogP contribution >= 0.6 is 23.5 Å². The molecule has 0 fully saturated rings. The molecule has 426 valence electrons. The number of thioether (sulfide) groups is 2. The molecule has 0 aliphatic carbocycles. The number of pyridine rings is 2. The minimum absolute atomic E-state index is 0.00321. The number of Topliss-reactive ketones (excluding diaryl/α,β-unsaturated/α-hetero) is 3. The molecule has 2 atom stereocenters. The summed E-state index contributed by atoms with van der Waals surface area (Å²) in [6.07, 6.45) is 2.39. The predicted octanol–water partition coefficient (Wildman–Crippen LogP) is 3.71. The molecular formula is C57H65FN6O14S2. The van der Waals surface area contributed by atoms with E-state index in [0.29, 0.717) is 45.5 Å². The monoisotopic (exact) mass is 1140 g/mol. The smallest absolute Gasteiger partial charge is 0.343 e. The maximum Gasteiger partial charge on any atom is 0.343 e. The highest BCUT2D eigenvalue weighted by atomic mass is 32.2. The van der Waals surface area contributed by atoms with Gasteiger partial charge in [-0.25, -0.2) is 14.2 Å². The molecule has 5 amide bonds. The maximum absolute atomic E-state index is 14.9. The zero-order valence-electron chi connectivity index (χ0n) is 44.7. The van der Waals surface area contributed by atoms with Gasteiger partial charge in [-0.05, 0) is 48.6 Å². The lowest BCUT2D eigenvalue weighted by molar-refractivity contribution is -0.172. The first-order valence-corrected chi connectivity index (χ1v) is 28.8. The Hall–Kier alpha value is -6.92. The summed E-state index contributed by atoms with van der Waals surface area (Å²) < 4.78 is 32.5. The number of fused-ring (bicyclic) bond motifs is 5. The number of halogens is 1. The second-order valence-electron chi connectivity index (χ2n) is 19.5. The van der Waals surface area contributed by atoms with Gasteiger partial charge < -0.3 is 39.8 Å². The Bertz CT molecular complexity index is 3100. The van der Waals surface area contributed by atoms with Gasteiger partial charge in [0.05, 0.1) is 68.5 Å². The van der Waals surface area contributed by atoms with Crippen LogP contribution in [0.2, 0.25) is 0 Å². The molecule has 4 N–H and O–H groups in total. The SMILES string of the molecule is CCC1(O)C(=O)OCc2c1cc1n(c2=O)Cc2c-1nc1cc(F)c(C)cc1c2CSCCSCCC(=O)CNC(=O)[C@@H](CC(=O)CNC(=O)CCC(=O)CCOCCOCCNC(=O)CCN1C(=O)C=CC1=O)Cc1ccccc1. The first kappa shape index (κ1) is 60.7. The van der Waals surface area contributed by atoms with Crippen molar-refractivity contribution in [2.75, 3.05) is 69.9 Å². The lowest BCUT2D eigenvalue weighted by atomic mass is 9.86. The summed E-state index contributed by atoms with van der Waals surface area (Å²) in [6, 6.07) is 13.9. The van der Waals surface area contributed by atoms with Gasteiger partial charge in [-0.15, -0.1) is 0 Å². The Kier molecular flexibility index (Phi) is 22.0. The number of hydrogen-bond acceptors (Lipinski definition) is 17. The molecule has 1 unspecified atom stereocenters. The minimum Gasteiger partial charge on any atom is -0.458 e. The van der Waals surface area contributed by atoms with Crippen molar-refractivity contribution >= 4 is 87.3 Å². The number of cyclic esters (lactones) is 1. The van der Waals surface area contributed by atoms with Gasteiger partial charge in [0.1, 0.15) is 18.2 Å². The predicted molar refractivity (Wildman–Crippen MR) is 296 cm³/mol. The number of imide groups is 1. The third-order valence-electron chi connectivity index (χ3n) is 13.9. The van der Waals surface area contributed by atoms with Crippen molar-refractivity contribution in [2.45, 2.75) is 89.7 Å². The van der Waals surface area contributed by atoms with Crippen molar-refractivity contribution in [1.29, 1.82) is 0 Å². The maximum atomic E-state index is 14.9. The normalized spacial score (nSPS) is 15.6. The summed E-state index contributed by atoms with van der Waals surface area (Å²) in [6.45, 7) is 3.65. The molecule has 0 saturated heterocycles. The molecule has 23 heteroatoms. The number of aromatic nitrogens is 2. The number of ketones is 3. The van der Waals surface area contributed by atoms with Crippen LogP contribution in [0.3, 0.4) is 0 Å². The number of hydrogen-bond donors (Lipinski definition) is 4. The fraction of sp³-hybridized carbons (Fsp3) is 0.456. The Morgan fingerprint density at radius 1 is 0.800 bits per heavy atom. The number of benzene rings is 2. The van der Waals surface area contributed by atoms with Crippen molar-refractivity contribution in [1.82, 2.24) is 30.4 Å². The van der Waals surface area contributed by atoms with E-state index in [-0.39, 0.29) is 151 Å². The van der Waals surface area contributed by atoms with Crippen LogP contribution in [0, 0.1) is 18.7 Å². The van der Waals surface area contributed by atoms with Gasteiger partial charge in [0.25, 0.3) is 17.4 Å². The van der Waals surface area contributed by atoms with Crippen molar-refractivity contribution < 1.29 is 66.9 Å². The van der Waals surface area contributed by atoms with Crippen molar-refractivity contribution in [3.05, 3.63) is 110 Å². The van der Waals surface area contributed by atoms with Crippen LogP contribution < -0.4 is 21.5 Å². The van der Waals surface area contributed by atoms with Crippen molar-refractivity contribution in [3.63, 3.8) is 0 Å². The average molecular weight is 1140 g/mol. The number of amides is 5. The van der Waals surface area contributed by atoms with Crippen molar-refractivity contribution in [2.24, 2.45) is 5.92 Å². The molecule has 0 radical (unpaired) electrons. The van der Waals surface area contributed by atoms with E-state index < -0.39 is 52.7 Å². The standard InChI is InChI=1S/C57H65FN6O14S2/c1-3-57(75)45-28-48-53-42(32-64(48)55(73)43(45)33-78-56(57)74)44(41-25-35(2)46(58)29-47(41)62-53)34-80-24-23-79-22-15-39(66)30-61-54(72)37(26-36-7-5-4-6-8-36)27-40(67)31-60-49(68)10-9-38(65)14-18-76-20-21-77-19-16-59-50(69)13-17-63-51(70)11-12-52(63)71/h4-8,11-12,25,28-29,37,75H,3,9-10,13-24,26-27,30-34H2,1-2H3,(H,59,69)(H,60,68)(H,61,72)/t37-,57?/m1/s1. The van der Waals surface area contributed by atoms with E-state index in [1.165, 1.54) is 6.07 Å². The van der Waals surface area contributed by atoms with Gasteiger partial charge in [-0.3, -0.25) is 48.1 Å². The number of carbonyl (C=O) groups excluding carboxylic acids is 9. The molecular weight excluding hydrogens is 1080 g/mol. The van der Waals surface area contributed by atoms with Crippen LogP contribution in [0.1, 0.15) is 85.3 Å². The van der Waals surface area contributed by atoms with Crippen molar-refractivity contribution in [3.8, 4) is 11.4 Å². The number of nitrogens with one attached hydrogen (secondary N) is 3. The van der Waals surface area contributed by atoms with Crippen LogP contribution in [0.5, 0.6) is 0 Å². The topological polar surface area (TPSA) is 276 Å². The third-order valence-corrected chi connectivity index (χ3v) is 16.1. The Morgan fingerprint density at radius 3 is 2.26 bits per heavy atom. The molecule has 2 aromatic carbocycles. The van der Waals surface area contributed by atoms with E-state index in [0.717, 1.165) is 39.1 Å². The summed E-state index contributed by atoms with van der Waals surface area (Å²) in [5.41, 5.74) is 2.36. The number of aryl methyl sites for hydroxylation is 1. The first-order valence-electron chi connectivity index (χ1n) is 26.5. The molecule has 2 aromatic heterocycles. The van der Waals surface area contributed by atoms with E-state index in [9.17, 15) is 57.4 Å². The summed E-state index contributed by atoms with van der Waals surface area (Å²) in [4.78, 5) is 132. The van der Waals surface area contributed by atoms with E-state index in [1.807, 2.05) is 30.3 Å². The molecule has 3 aliphatic rings. The molecule has 7 rings (SSSR count). The summed E-state index contributed by atoms with van der Waals surface area (Å²) in [5, 5.41) is 19.9. The molecule has 0 spiro atoms. The molecule has 0 bridgehead atoms. The Balaban J connectivity index is 0.778. The summed E-state index contributed by atoms with van der Waals surface area (Å²) >= 11 is 3.22. The van der Waals surface area contributed by atoms with E-state index in [2.05, 4.69) is 16.0 Å². The van der Waals surface area contributed by atoms with Gasteiger partial charge >= 0.3 is 5.97 Å². The lowest BCUT2D eigenvalue weighted by Crippen LogP contribution is -2.44. The van der Waals surface area contributed by atoms with Gasteiger partial charge in [0.15, 0.2) is 17.2 Å². The fourth-order valence-corrected chi connectivity index (χ4v) is 11.5. The van der Waals surface area contributed by atoms with Gasteiger partial charge in [0, 0.05) is 115 Å². The number of rotatable bonds is 33. The first-order chi connectivity index (χ1) is 38.5. The third kappa shape index (κ3) is 15.9. The fourth-order valence-electron chi connectivity index (χ4n) is 9.35. The van der Waals surface area contributed by atoms with Crippen LogP contribution in [0.15, 0.2) is 65.5 Å².